The molecule has 0 radical (unpaired) electrons. The molecule has 0 aliphatic carbocycles. The Labute approximate surface area is 140 Å². The third-order valence-corrected chi connectivity index (χ3v) is 3.87. The van der Waals surface area contributed by atoms with E-state index in [1.807, 2.05) is 5.43 Å². The number of hydrogen-bond acceptors (Lipinski definition) is 7. The van der Waals surface area contributed by atoms with Crippen molar-refractivity contribution in [2.75, 3.05) is 13.1 Å². The minimum absolute atomic E-state index is 0.000949. The summed E-state index contributed by atoms with van der Waals surface area (Å²) in [7, 11) is -4.89. The molecule has 2 bridgehead atoms. The zero-order valence-corrected chi connectivity index (χ0v) is 13.4. The first-order chi connectivity index (χ1) is 11.6. The van der Waals surface area contributed by atoms with E-state index in [0.29, 0.717) is 5.06 Å². The second kappa shape index (κ2) is 7.08. The van der Waals surface area contributed by atoms with Gasteiger partial charge in [-0.2, -0.15) is 13.5 Å². The second-order valence-corrected chi connectivity index (χ2v) is 6.21. The molecule has 14 nitrogen and oxygen atoms in total. The molecule has 5 N–H and O–H groups in total. The molecule has 15 heteroatoms. The minimum atomic E-state index is -4.89. The SMILES string of the molecule is O=C(O)NCC(=O)NNC(=O)[C@@H]1CC[C@@H]2CN1C(=O)N2OS(=O)(=O)O. The zero-order valence-electron chi connectivity index (χ0n) is 12.5. The van der Waals surface area contributed by atoms with Crippen LogP contribution in [0.5, 0.6) is 0 Å². The molecule has 0 aromatic rings. The van der Waals surface area contributed by atoms with E-state index in [9.17, 15) is 27.6 Å². The summed E-state index contributed by atoms with van der Waals surface area (Å²) >= 11 is 0. The van der Waals surface area contributed by atoms with Gasteiger partial charge in [0.2, 0.25) is 0 Å². The lowest BCUT2D eigenvalue weighted by atomic mass is 10.0. The Morgan fingerprint density at radius 3 is 2.52 bits per heavy atom. The molecule has 2 atom stereocenters. The van der Waals surface area contributed by atoms with Crippen molar-refractivity contribution in [3.63, 3.8) is 0 Å². The third kappa shape index (κ3) is 4.68. The number of amides is 5. The van der Waals surface area contributed by atoms with Gasteiger partial charge in [0.05, 0.1) is 6.04 Å². The summed E-state index contributed by atoms with van der Waals surface area (Å²) in [4.78, 5) is 46.8. The molecule has 5 amide bonds. The van der Waals surface area contributed by atoms with Gasteiger partial charge < -0.3 is 15.3 Å². The molecule has 2 saturated heterocycles. The molecular formula is C10H15N5O9S. The van der Waals surface area contributed by atoms with Crippen LogP contribution in [-0.2, 0) is 24.3 Å². The van der Waals surface area contributed by atoms with Crippen molar-refractivity contribution in [1.29, 1.82) is 0 Å². The van der Waals surface area contributed by atoms with Crippen LogP contribution in [-0.4, -0.2) is 77.2 Å². The summed E-state index contributed by atoms with van der Waals surface area (Å²) in [6.07, 6.45) is -1.03. The van der Waals surface area contributed by atoms with Gasteiger partial charge in [0.25, 0.3) is 11.8 Å². The van der Waals surface area contributed by atoms with Crippen LogP contribution < -0.4 is 16.2 Å². The number of piperidine rings is 1. The normalized spacial score (nSPS) is 22.5. The average molecular weight is 381 g/mol. The molecule has 2 rings (SSSR count). The highest BCUT2D eigenvalue weighted by molar-refractivity contribution is 7.80. The van der Waals surface area contributed by atoms with Crippen LogP contribution in [0.2, 0.25) is 0 Å². The Bertz CT molecular complexity index is 695. The second-order valence-electron chi connectivity index (χ2n) is 5.21. The number of urea groups is 1. The Morgan fingerprint density at radius 2 is 1.92 bits per heavy atom. The predicted octanol–water partition coefficient (Wildman–Crippen LogP) is -2.60. The fourth-order valence-electron chi connectivity index (χ4n) is 2.52. The van der Waals surface area contributed by atoms with Gasteiger partial charge >= 0.3 is 22.5 Å². The third-order valence-electron chi connectivity index (χ3n) is 3.53. The summed E-state index contributed by atoms with van der Waals surface area (Å²) in [5.74, 6) is -1.57. The van der Waals surface area contributed by atoms with E-state index in [4.69, 9.17) is 9.66 Å². The Morgan fingerprint density at radius 1 is 1.24 bits per heavy atom. The lowest BCUT2D eigenvalue weighted by molar-refractivity contribution is -0.131. The number of fused-ring (bicyclic) bond motifs is 2. The molecule has 2 fully saturated rings. The van der Waals surface area contributed by atoms with Crippen LogP contribution in [0.4, 0.5) is 9.59 Å². The van der Waals surface area contributed by atoms with Gasteiger partial charge in [-0.1, -0.05) is 0 Å². The zero-order chi connectivity index (χ0) is 18.8. The van der Waals surface area contributed by atoms with Crippen molar-refractivity contribution < 1.29 is 41.5 Å². The van der Waals surface area contributed by atoms with Crippen LogP contribution in [0, 0.1) is 0 Å². The van der Waals surface area contributed by atoms with E-state index in [1.165, 1.54) is 0 Å². The van der Waals surface area contributed by atoms with Crippen molar-refractivity contribution in [1.82, 2.24) is 26.1 Å². The number of nitrogens with one attached hydrogen (secondary N) is 3. The lowest BCUT2D eigenvalue weighted by Crippen LogP contribution is -2.55. The number of rotatable bonds is 5. The van der Waals surface area contributed by atoms with Gasteiger partial charge in [0.15, 0.2) is 0 Å². The van der Waals surface area contributed by atoms with Crippen LogP contribution in [0.1, 0.15) is 12.8 Å². The number of hydrazine groups is 1. The monoisotopic (exact) mass is 381 g/mol. The molecule has 0 aromatic carbocycles. The van der Waals surface area contributed by atoms with E-state index in [1.54, 1.807) is 5.32 Å². The van der Waals surface area contributed by atoms with Gasteiger partial charge in [-0.15, -0.1) is 4.28 Å². The van der Waals surface area contributed by atoms with E-state index < -0.39 is 53.0 Å². The first-order valence-electron chi connectivity index (χ1n) is 6.91. The molecule has 0 aromatic heterocycles. The summed E-state index contributed by atoms with van der Waals surface area (Å²) < 4.78 is 34.4. The number of hydroxylamine groups is 2. The van der Waals surface area contributed by atoms with E-state index >= 15 is 0 Å². The Kier molecular flexibility index (Phi) is 5.29. The first-order valence-corrected chi connectivity index (χ1v) is 8.27. The molecule has 2 aliphatic rings. The highest BCUT2D eigenvalue weighted by Gasteiger charge is 2.49. The Hall–Kier alpha value is -2.65. The van der Waals surface area contributed by atoms with Crippen LogP contribution in [0.25, 0.3) is 0 Å². The number of nitrogens with zero attached hydrogens (tertiary/aromatic N) is 2. The van der Waals surface area contributed by atoms with Crippen LogP contribution in [0.15, 0.2) is 0 Å². The average Bonchev–Trinajstić information content (AvgIpc) is 2.74. The molecule has 0 spiro atoms. The molecule has 2 aliphatic heterocycles. The van der Waals surface area contributed by atoms with Gasteiger partial charge in [-0.3, -0.25) is 25.0 Å². The van der Waals surface area contributed by atoms with Crippen molar-refractivity contribution in [2.24, 2.45) is 0 Å². The van der Waals surface area contributed by atoms with E-state index in [-0.39, 0.29) is 19.4 Å². The smallest absolute Gasteiger partial charge is 0.418 e. The molecule has 25 heavy (non-hydrogen) atoms. The van der Waals surface area contributed by atoms with Crippen molar-refractivity contribution >= 4 is 34.3 Å². The quantitative estimate of drug-likeness (QED) is 0.251. The molecule has 140 valence electrons. The molecule has 0 saturated carbocycles. The number of hydrogen-bond donors (Lipinski definition) is 5. The number of carbonyl (C=O) groups is 4. The van der Waals surface area contributed by atoms with Crippen molar-refractivity contribution in [3.05, 3.63) is 0 Å². The van der Waals surface area contributed by atoms with Gasteiger partial charge in [-0.25, -0.2) is 9.59 Å². The fourth-order valence-corrected chi connectivity index (χ4v) is 2.91. The maximum absolute atomic E-state index is 12.1. The van der Waals surface area contributed by atoms with Crippen LogP contribution in [0.3, 0.4) is 0 Å². The maximum Gasteiger partial charge on any atom is 0.418 e. The standard InChI is InChI=1S/C10H15N5O9S/c16-7(3-11-9(18)19)12-13-8(17)6-2-1-5-4-14(6)10(20)15(5)24-25(21,22)23/h5-6,11H,1-4H2,(H,12,16)(H,13,17)(H,18,19)(H,21,22,23)/t5-,6+/m1/s1. The van der Waals surface area contributed by atoms with Gasteiger partial charge in [0.1, 0.15) is 12.6 Å². The summed E-state index contributed by atoms with van der Waals surface area (Å²) in [5.41, 5.74) is 4.02. The van der Waals surface area contributed by atoms with Crippen LogP contribution >= 0.6 is 0 Å². The maximum atomic E-state index is 12.1. The highest BCUT2D eigenvalue weighted by atomic mass is 32.3. The lowest BCUT2D eigenvalue weighted by Gasteiger charge is -2.29. The molecular weight excluding hydrogens is 366 g/mol. The van der Waals surface area contributed by atoms with E-state index in [0.717, 1.165) is 4.90 Å². The largest absolute Gasteiger partial charge is 0.465 e. The molecule has 0 unspecified atom stereocenters. The highest BCUT2D eigenvalue weighted by Crippen LogP contribution is 2.30. The van der Waals surface area contributed by atoms with E-state index in [2.05, 4.69) is 9.71 Å². The summed E-state index contributed by atoms with van der Waals surface area (Å²) in [6, 6.07) is -2.56. The predicted molar refractivity (Wildman–Crippen MR) is 75.7 cm³/mol. The van der Waals surface area contributed by atoms with Gasteiger partial charge in [0, 0.05) is 6.54 Å². The topological polar surface area (TPSA) is 195 Å². The number of carbonyl (C=O) groups excluding carboxylic acids is 3. The minimum Gasteiger partial charge on any atom is -0.465 e. The Balaban J connectivity index is 1.91. The fraction of sp³-hybridized carbons (Fsp3) is 0.600. The number of carboxylic acid groups (broad SMARTS) is 1. The van der Waals surface area contributed by atoms with Gasteiger partial charge in [-0.05, 0) is 12.8 Å². The van der Waals surface area contributed by atoms with Crippen molar-refractivity contribution in [2.45, 2.75) is 24.9 Å². The summed E-state index contributed by atoms with van der Waals surface area (Å²) in [6.45, 7) is -0.581. The summed E-state index contributed by atoms with van der Waals surface area (Å²) in [5, 5.41) is 10.6. The van der Waals surface area contributed by atoms with Crippen molar-refractivity contribution in [3.8, 4) is 0 Å². The molecule has 2 heterocycles. The first kappa shape index (κ1) is 18.7.